The molecular weight excluding hydrogens is 366 g/mol. The molecule has 3 aromatic rings. The number of carbonyl (C=O) groups excluding carboxylic acids is 1. The molecule has 28 heavy (non-hydrogen) atoms. The molecule has 0 spiro atoms. The van der Waals surface area contributed by atoms with Gasteiger partial charge in [-0.05, 0) is 50.8 Å². The summed E-state index contributed by atoms with van der Waals surface area (Å²) in [6.45, 7) is 6.72. The van der Waals surface area contributed by atoms with Gasteiger partial charge in [-0.25, -0.2) is 0 Å². The van der Waals surface area contributed by atoms with Crippen molar-refractivity contribution in [3.63, 3.8) is 0 Å². The van der Waals surface area contributed by atoms with E-state index in [0.29, 0.717) is 5.92 Å². The molecule has 1 aliphatic rings. The largest absolute Gasteiger partial charge is 0.301 e. The smallest absolute Gasteiger partial charge is 0.192 e. The molecule has 0 aliphatic heterocycles. The second-order valence-electron chi connectivity index (χ2n) is 7.63. The third kappa shape index (κ3) is 4.04. The van der Waals surface area contributed by atoms with Crippen LogP contribution in [0.25, 0.3) is 0 Å². The Bertz CT molecular complexity index is 992. The summed E-state index contributed by atoms with van der Waals surface area (Å²) in [5, 5.41) is 9.54. The van der Waals surface area contributed by atoms with Crippen molar-refractivity contribution in [2.45, 2.75) is 56.5 Å². The maximum absolute atomic E-state index is 13.1. The molecule has 0 amide bonds. The van der Waals surface area contributed by atoms with Crippen molar-refractivity contribution in [3.8, 4) is 0 Å². The Labute approximate surface area is 170 Å². The van der Waals surface area contributed by atoms with Crippen LogP contribution in [0.5, 0.6) is 0 Å². The van der Waals surface area contributed by atoms with Gasteiger partial charge in [-0.3, -0.25) is 4.79 Å². The molecule has 1 heterocycles. The fourth-order valence-electron chi connectivity index (χ4n) is 3.38. The summed E-state index contributed by atoms with van der Waals surface area (Å²) in [6.07, 6.45) is 2.35. The van der Waals surface area contributed by atoms with E-state index in [2.05, 4.69) is 39.0 Å². The number of aryl methyl sites for hydroxylation is 2. The van der Waals surface area contributed by atoms with Crippen LogP contribution in [0.3, 0.4) is 0 Å². The predicted octanol–water partition coefficient (Wildman–Crippen LogP) is 5.18. The van der Waals surface area contributed by atoms with Crippen molar-refractivity contribution in [1.29, 1.82) is 0 Å². The monoisotopic (exact) mass is 391 g/mol. The van der Waals surface area contributed by atoms with Crippen LogP contribution in [-0.4, -0.2) is 25.8 Å². The molecule has 0 unspecified atom stereocenters. The molecule has 0 radical (unpaired) electrons. The molecule has 0 N–H and O–H groups in total. The molecule has 1 saturated carbocycles. The van der Waals surface area contributed by atoms with E-state index in [1.54, 1.807) is 0 Å². The minimum atomic E-state index is -0.216. The first-order chi connectivity index (χ1) is 13.5. The van der Waals surface area contributed by atoms with Gasteiger partial charge in [0.15, 0.2) is 10.9 Å². The fraction of sp³-hybridized carbons (Fsp3) is 0.348. The van der Waals surface area contributed by atoms with E-state index >= 15 is 0 Å². The number of Topliss-reactive ketones (excluding diaryl/α,β-unsaturated/α-hetero) is 1. The van der Waals surface area contributed by atoms with Crippen LogP contribution >= 0.6 is 11.8 Å². The number of aromatic nitrogens is 3. The van der Waals surface area contributed by atoms with Crippen molar-refractivity contribution in [3.05, 3.63) is 76.6 Å². The van der Waals surface area contributed by atoms with E-state index in [9.17, 15) is 4.79 Å². The molecule has 0 saturated heterocycles. The number of ketones is 1. The van der Waals surface area contributed by atoms with Crippen molar-refractivity contribution in [2.24, 2.45) is 0 Å². The third-order valence-corrected chi connectivity index (χ3v) is 6.26. The van der Waals surface area contributed by atoms with E-state index in [0.717, 1.165) is 34.2 Å². The molecule has 5 heteroatoms. The molecule has 2 aromatic carbocycles. The molecule has 1 aromatic heterocycles. The van der Waals surface area contributed by atoms with Gasteiger partial charge in [-0.1, -0.05) is 59.8 Å². The molecule has 4 nitrogen and oxygen atoms in total. The maximum atomic E-state index is 13.1. The summed E-state index contributed by atoms with van der Waals surface area (Å²) < 4.78 is 2.20. The zero-order chi connectivity index (χ0) is 19.7. The Morgan fingerprint density at radius 1 is 1.14 bits per heavy atom. The standard InChI is InChI=1S/C23H25N3OS/c1-15-9-10-16(2)20(13-15)21(27)17(3)28-23-25-24-22(19-11-12-19)26(23)14-18-7-5-4-6-8-18/h4-10,13,17,19H,11-12,14H2,1-3H3/t17-/m1/s1. The summed E-state index contributed by atoms with van der Waals surface area (Å²) in [4.78, 5) is 13.1. The van der Waals surface area contributed by atoms with Crippen LogP contribution in [0.4, 0.5) is 0 Å². The summed E-state index contributed by atoms with van der Waals surface area (Å²) >= 11 is 1.51. The topological polar surface area (TPSA) is 47.8 Å². The Morgan fingerprint density at radius 3 is 2.61 bits per heavy atom. The fourth-order valence-corrected chi connectivity index (χ4v) is 4.30. The number of hydrogen-bond acceptors (Lipinski definition) is 4. The van der Waals surface area contributed by atoms with Crippen LogP contribution < -0.4 is 0 Å². The zero-order valence-electron chi connectivity index (χ0n) is 16.6. The number of rotatable bonds is 7. The average molecular weight is 392 g/mol. The highest BCUT2D eigenvalue weighted by atomic mass is 32.2. The SMILES string of the molecule is Cc1ccc(C)c(C(=O)[C@@H](C)Sc2nnc(C3CC3)n2Cc2ccccc2)c1. The minimum absolute atomic E-state index is 0.147. The molecule has 144 valence electrons. The number of nitrogens with zero attached hydrogens (tertiary/aromatic N) is 3. The van der Waals surface area contributed by atoms with Crippen molar-refractivity contribution in [2.75, 3.05) is 0 Å². The summed E-state index contributed by atoms with van der Waals surface area (Å²) in [7, 11) is 0. The van der Waals surface area contributed by atoms with Crippen LogP contribution in [0, 0.1) is 13.8 Å². The van der Waals surface area contributed by atoms with Crippen molar-refractivity contribution in [1.82, 2.24) is 14.8 Å². The highest BCUT2D eigenvalue weighted by molar-refractivity contribution is 8.00. The minimum Gasteiger partial charge on any atom is -0.301 e. The molecule has 1 aliphatic carbocycles. The number of hydrogen-bond donors (Lipinski definition) is 0. The van der Waals surface area contributed by atoms with Gasteiger partial charge >= 0.3 is 0 Å². The molecule has 1 atom stereocenters. The quantitative estimate of drug-likeness (QED) is 0.411. The Kier molecular flexibility index (Phi) is 5.36. The Balaban J connectivity index is 1.59. The Morgan fingerprint density at radius 2 is 1.89 bits per heavy atom. The number of thioether (sulfide) groups is 1. The summed E-state index contributed by atoms with van der Waals surface area (Å²) in [6, 6.07) is 16.4. The second kappa shape index (κ2) is 7.92. The van der Waals surface area contributed by atoms with Gasteiger partial charge in [-0.2, -0.15) is 0 Å². The average Bonchev–Trinajstić information content (AvgIpc) is 3.47. The summed E-state index contributed by atoms with van der Waals surface area (Å²) in [5.74, 6) is 1.71. The van der Waals surface area contributed by atoms with Gasteiger partial charge < -0.3 is 4.57 Å². The van der Waals surface area contributed by atoms with Gasteiger partial charge in [0.25, 0.3) is 0 Å². The normalized spacial score (nSPS) is 14.8. The zero-order valence-corrected chi connectivity index (χ0v) is 17.4. The first kappa shape index (κ1) is 18.9. The highest BCUT2D eigenvalue weighted by Gasteiger charge is 2.31. The van der Waals surface area contributed by atoms with Crippen LogP contribution in [0.1, 0.15) is 58.6 Å². The van der Waals surface area contributed by atoms with Crippen LogP contribution in [0.15, 0.2) is 53.7 Å². The lowest BCUT2D eigenvalue weighted by molar-refractivity contribution is 0.0993. The van der Waals surface area contributed by atoms with Crippen molar-refractivity contribution >= 4 is 17.5 Å². The van der Waals surface area contributed by atoms with Crippen LogP contribution in [-0.2, 0) is 6.54 Å². The Hall–Kier alpha value is -2.40. The highest BCUT2D eigenvalue weighted by Crippen LogP contribution is 2.40. The predicted molar refractivity (Wildman–Crippen MR) is 113 cm³/mol. The molecule has 0 bridgehead atoms. The van der Waals surface area contributed by atoms with E-state index in [4.69, 9.17) is 0 Å². The number of benzene rings is 2. The lowest BCUT2D eigenvalue weighted by Crippen LogP contribution is -2.16. The van der Waals surface area contributed by atoms with E-state index in [1.165, 1.54) is 30.2 Å². The maximum Gasteiger partial charge on any atom is 0.192 e. The van der Waals surface area contributed by atoms with Crippen molar-refractivity contribution < 1.29 is 4.79 Å². The molecule has 1 fully saturated rings. The second-order valence-corrected chi connectivity index (χ2v) is 8.94. The first-order valence-corrected chi connectivity index (χ1v) is 10.7. The molecular formula is C23H25N3OS. The number of carbonyl (C=O) groups is 1. The van der Waals surface area contributed by atoms with E-state index in [1.807, 2.05) is 45.0 Å². The van der Waals surface area contributed by atoms with Gasteiger partial charge in [0, 0.05) is 11.5 Å². The lowest BCUT2D eigenvalue weighted by atomic mass is 10.0. The van der Waals surface area contributed by atoms with E-state index < -0.39 is 0 Å². The molecule has 4 rings (SSSR count). The first-order valence-electron chi connectivity index (χ1n) is 9.78. The van der Waals surface area contributed by atoms with Gasteiger partial charge in [0.1, 0.15) is 5.82 Å². The summed E-state index contributed by atoms with van der Waals surface area (Å²) in [5.41, 5.74) is 4.15. The lowest BCUT2D eigenvalue weighted by Gasteiger charge is -2.14. The van der Waals surface area contributed by atoms with Gasteiger partial charge in [0.05, 0.1) is 11.8 Å². The van der Waals surface area contributed by atoms with Gasteiger partial charge in [-0.15, -0.1) is 10.2 Å². The third-order valence-electron chi connectivity index (χ3n) is 5.18. The van der Waals surface area contributed by atoms with E-state index in [-0.39, 0.29) is 11.0 Å². The van der Waals surface area contributed by atoms with Crippen LogP contribution in [0.2, 0.25) is 0 Å². The van der Waals surface area contributed by atoms with Gasteiger partial charge in [0.2, 0.25) is 0 Å².